The maximum atomic E-state index is 5.69. The predicted octanol–water partition coefficient (Wildman–Crippen LogP) is 3.55. The van der Waals surface area contributed by atoms with Crippen LogP contribution in [-0.2, 0) is 5.41 Å². The van der Waals surface area contributed by atoms with Crippen LogP contribution >= 0.6 is 0 Å². The Labute approximate surface area is 116 Å². The molecule has 0 saturated carbocycles. The van der Waals surface area contributed by atoms with E-state index in [1.54, 1.807) is 0 Å². The Morgan fingerprint density at radius 3 is 2.68 bits per heavy atom. The summed E-state index contributed by atoms with van der Waals surface area (Å²) in [5, 5.41) is 3.21. The van der Waals surface area contributed by atoms with Gasteiger partial charge in [0.05, 0.1) is 6.61 Å². The van der Waals surface area contributed by atoms with Crippen LogP contribution in [0.4, 0.5) is 5.82 Å². The molecule has 106 valence electrons. The second-order valence-electron chi connectivity index (χ2n) is 5.47. The van der Waals surface area contributed by atoms with Gasteiger partial charge in [-0.25, -0.2) is 4.98 Å². The maximum absolute atomic E-state index is 5.69. The molecule has 4 heteroatoms. The van der Waals surface area contributed by atoms with Gasteiger partial charge >= 0.3 is 0 Å². The summed E-state index contributed by atoms with van der Waals surface area (Å²) in [6.45, 7) is 13.5. The third-order valence-electron chi connectivity index (χ3n) is 2.53. The first-order valence-electron chi connectivity index (χ1n) is 6.84. The van der Waals surface area contributed by atoms with E-state index < -0.39 is 0 Å². The van der Waals surface area contributed by atoms with Crippen molar-refractivity contribution in [2.24, 2.45) is 0 Å². The minimum atomic E-state index is -0.0926. The zero-order valence-corrected chi connectivity index (χ0v) is 12.5. The van der Waals surface area contributed by atoms with Crippen molar-refractivity contribution < 1.29 is 4.74 Å². The van der Waals surface area contributed by atoms with E-state index in [2.05, 4.69) is 42.6 Å². The zero-order chi connectivity index (χ0) is 14.3. The van der Waals surface area contributed by atoms with E-state index in [9.17, 15) is 0 Å². The lowest BCUT2D eigenvalue weighted by molar-refractivity contribution is 0.297. The van der Waals surface area contributed by atoms with Gasteiger partial charge in [-0.05, 0) is 19.8 Å². The van der Waals surface area contributed by atoms with Gasteiger partial charge in [0.15, 0.2) is 0 Å². The van der Waals surface area contributed by atoms with E-state index >= 15 is 0 Å². The molecule has 0 aromatic carbocycles. The first-order valence-corrected chi connectivity index (χ1v) is 6.84. The van der Waals surface area contributed by atoms with Crippen molar-refractivity contribution in [2.45, 2.75) is 46.0 Å². The third-order valence-corrected chi connectivity index (χ3v) is 2.53. The number of nitrogens with one attached hydrogen (secondary N) is 1. The van der Waals surface area contributed by atoms with Crippen LogP contribution in [0.5, 0.6) is 5.88 Å². The van der Waals surface area contributed by atoms with Crippen molar-refractivity contribution in [1.29, 1.82) is 0 Å². The van der Waals surface area contributed by atoms with Crippen molar-refractivity contribution >= 4 is 5.82 Å². The molecule has 1 aromatic heterocycles. The topological polar surface area (TPSA) is 47.0 Å². The van der Waals surface area contributed by atoms with Crippen LogP contribution in [0, 0.1) is 0 Å². The molecule has 1 heterocycles. The highest BCUT2D eigenvalue weighted by Crippen LogP contribution is 2.23. The number of nitrogens with zero attached hydrogens (tertiary/aromatic N) is 2. The molecule has 1 N–H and O–H groups in total. The molecule has 0 aliphatic carbocycles. The maximum Gasteiger partial charge on any atom is 0.218 e. The Bertz CT molecular complexity index is 410. The predicted molar refractivity (Wildman–Crippen MR) is 79.8 cm³/mol. The Morgan fingerprint density at radius 1 is 1.37 bits per heavy atom. The quantitative estimate of drug-likeness (QED) is 0.603. The minimum Gasteiger partial charge on any atom is -0.478 e. The summed E-state index contributed by atoms with van der Waals surface area (Å²) in [4.78, 5) is 9.01. The average Bonchev–Trinajstić information content (AvgIpc) is 2.34. The van der Waals surface area contributed by atoms with Gasteiger partial charge in [-0.3, -0.25) is 0 Å². The standard InChI is InChI=1S/C15H25N3O/c1-6-8-9-10-19-13-11-12(16-7-2)17-14(18-13)15(3,4)5/h6,11H,1,7-10H2,2-5H3,(H,16,17,18). The van der Waals surface area contributed by atoms with Gasteiger partial charge < -0.3 is 10.1 Å². The minimum absolute atomic E-state index is 0.0926. The van der Waals surface area contributed by atoms with E-state index in [0.717, 1.165) is 31.0 Å². The molecular weight excluding hydrogens is 238 g/mol. The Morgan fingerprint density at radius 2 is 2.11 bits per heavy atom. The lowest BCUT2D eigenvalue weighted by Gasteiger charge is -2.18. The van der Waals surface area contributed by atoms with Crippen molar-refractivity contribution in [1.82, 2.24) is 9.97 Å². The molecule has 19 heavy (non-hydrogen) atoms. The smallest absolute Gasteiger partial charge is 0.218 e. The molecule has 1 aromatic rings. The fraction of sp³-hybridized carbons (Fsp3) is 0.600. The monoisotopic (exact) mass is 263 g/mol. The fourth-order valence-corrected chi connectivity index (χ4v) is 1.51. The largest absolute Gasteiger partial charge is 0.478 e. The highest BCUT2D eigenvalue weighted by molar-refractivity contribution is 5.39. The van der Waals surface area contributed by atoms with Crippen LogP contribution in [0.2, 0.25) is 0 Å². The molecule has 4 nitrogen and oxygen atoms in total. The van der Waals surface area contributed by atoms with Crippen LogP contribution < -0.4 is 10.1 Å². The SMILES string of the molecule is C=CCCCOc1cc(NCC)nc(C(C)(C)C)n1. The normalized spacial score (nSPS) is 11.2. The molecule has 0 atom stereocenters. The molecule has 0 radical (unpaired) electrons. The van der Waals surface area contributed by atoms with Gasteiger partial charge in [-0.1, -0.05) is 26.8 Å². The van der Waals surface area contributed by atoms with E-state index in [0.29, 0.717) is 12.5 Å². The number of aromatic nitrogens is 2. The molecule has 0 saturated heterocycles. The third kappa shape index (κ3) is 5.28. The molecule has 0 aliphatic heterocycles. The number of ether oxygens (including phenoxy) is 1. The van der Waals surface area contributed by atoms with Gasteiger partial charge in [0.1, 0.15) is 11.6 Å². The number of hydrogen-bond acceptors (Lipinski definition) is 4. The highest BCUT2D eigenvalue weighted by atomic mass is 16.5. The number of allylic oxidation sites excluding steroid dienone is 1. The lowest BCUT2D eigenvalue weighted by atomic mass is 9.96. The molecule has 0 spiro atoms. The van der Waals surface area contributed by atoms with Crippen molar-refractivity contribution in [2.75, 3.05) is 18.5 Å². The summed E-state index contributed by atoms with van der Waals surface area (Å²) in [7, 11) is 0. The summed E-state index contributed by atoms with van der Waals surface area (Å²) in [5.41, 5.74) is -0.0926. The number of rotatable bonds is 7. The number of anilines is 1. The van der Waals surface area contributed by atoms with Gasteiger partial charge in [0.25, 0.3) is 0 Å². The summed E-state index contributed by atoms with van der Waals surface area (Å²) in [5.74, 6) is 2.26. The van der Waals surface area contributed by atoms with E-state index in [1.165, 1.54) is 0 Å². The average molecular weight is 263 g/mol. The molecular formula is C15H25N3O. The Kier molecular flexibility index (Phi) is 5.80. The lowest BCUT2D eigenvalue weighted by Crippen LogP contribution is -2.18. The fourth-order valence-electron chi connectivity index (χ4n) is 1.51. The first kappa shape index (κ1) is 15.5. The summed E-state index contributed by atoms with van der Waals surface area (Å²) in [6.07, 6.45) is 3.81. The second-order valence-corrected chi connectivity index (χ2v) is 5.47. The number of hydrogen-bond donors (Lipinski definition) is 1. The summed E-state index contributed by atoms with van der Waals surface area (Å²) >= 11 is 0. The Balaban J connectivity index is 2.83. The van der Waals surface area contributed by atoms with Crippen LogP contribution in [0.15, 0.2) is 18.7 Å². The number of unbranched alkanes of at least 4 members (excludes halogenated alkanes) is 1. The Hall–Kier alpha value is -1.58. The summed E-state index contributed by atoms with van der Waals surface area (Å²) < 4.78 is 5.69. The van der Waals surface area contributed by atoms with Crippen molar-refractivity contribution in [3.05, 3.63) is 24.5 Å². The van der Waals surface area contributed by atoms with Crippen molar-refractivity contribution in [3.63, 3.8) is 0 Å². The molecule has 0 aliphatic rings. The molecule has 0 fully saturated rings. The van der Waals surface area contributed by atoms with E-state index in [4.69, 9.17) is 4.74 Å². The van der Waals surface area contributed by atoms with Crippen LogP contribution in [-0.4, -0.2) is 23.1 Å². The van der Waals surface area contributed by atoms with E-state index in [1.807, 2.05) is 19.1 Å². The van der Waals surface area contributed by atoms with Gasteiger partial charge in [-0.15, -0.1) is 6.58 Å². The second kappa shape index (κ2) is 7.12. The summed E-state index contributed by atoms with van der Waals surface area (Å²) in [6, 6.07) is 1.85. The van der Waals surface area contributed by atoms with Crippen LogP contribution in [0.3, 0.4) is 0 Å². The van der Waals surface area contributed by atoms with Gasteiger partial charge in [-0.2, -0.15) is 4.98 Å². The molecule has 0 bridgehead atoms. The zero-order valence-electron chi connectivity index (χ0n) is 12.5. The van der Waals surface area contributed by atoms with Gasteiger partial charge in [0, 0.05) is 18.0 Å². The molecule has 1 rings (SSSR count). The first-order chi connectivity index (χ1) is 8.97. The van der Waals surface area contributed by atoms with Crippen LogP contribution in [0.1, 0.15) is 46.4 Å². The van der Waals surface area contributed by atoms with Gasteiger partial charge in [0.2, 0.25) is 5.88 Å². The van der Waals surface area contributed by atoms with Crippen LogP contribution in [0.25, 0.3) is 0 Å². The van der Waals surface area contributed by atoms with Crippen molar-refractivity contribution in [3.8, 4) is 5.88 Å². The molecule has 0 amide bonds. The highest BCUT2D eigenvalue weighted by Gasteiger charge is 2.19. The molecule has 0 unspecified atom stereocenters. The van der Waals surface area contributed by atoms with E-state index in [-0.39, 0.29) is 5.41 Å².